The van der Waals surface area contributed by atoms with E-state index in [1.165, 1.54) is 77.0 Å². The fraction of sp³-hybridized carbons (Fsp3) is 0.931. The molecule has 0 aliphatic heterocycles. The molecule has 0 aromatic carbocycles. The molecule has 0 unspecified atom stereocenters. The molecule has 0 saturated carbocycles. The first kappa shape index (κ1) is 33.9. The van der Waals surface area contributed by atoms with Crippen LogP contribution in [0.4, 0.5) is 0 Å². The van der Waals surface area contributed by atoms with E-state index in [4.69, 9.17) is 9.84 Å². The van der Waals surface area contributed by atoms with Crippen LogP contribution >= 0.6 is 0 Å². The first-order chi connectivity index (χ1) is 17.1. The molecule has 0 amide bonds. The summed E-state index contributed by atoms with van der Waals surface area (Å²) >= 11 is 0. The number of aliphatic hydroxyl groups excluding tert-OH is 1. The predicted molar refractivity (Wildman–Crippen MR) is 145 cm³/mol. The van der Waals surface area contributed by atoms with Gasteiger partial charge in [0.15, 0.2) is 0 Å². The van der Waals surface area contributed by atoms with Gasteiger partial charge in [0.05, 0.1) is 13.2 Å². The zero-order valence-electron chi connectivity index (χ0n) is 23.0. The van der Waals surface area contributed by atoms with Gasteiger partial charge in [-0.15, -0.1) is 0 Å². The normalized spacial score (nSPS) is 11.3. The van der Waals surface area contributed by atoms with E-state index in [9.17, 15) is 14.7 Å². The number of aliphatic hydroxyl groups is 1. The Labute approximate surface area is 216 Å². The standard InChI is InChI=1S/C29H57NO5/c1-2-3-4-15-20-27-35-29(34)22-17-12-8-6-10-14-19-24-30(25-26-31)23-18-13-9-5-7-11-16-21-28(32)33/h31H,2-27H2,1H3,(H,32,33). The van der Waals surface area contributed by atoms with Gasteiger partial charge in [-0.3, -0.25) is 9.59 Å². The van der Waals surface area contributed by atoms with Crippen molar-refractivity contribution in [1.82, 2.24) is 4.90 Å². The summed E-state index contributed by atoms with van der Waals surface area (Å²) in [6, 6.07) is 0. The molecule has 208 valence electrons. The predicted octanol–water partition coefficient (Wildman–Crippen LogP) is 7.12. The second-order valence-electron chi connectivity index (χ2n) is 10.0. The lowest BCUT2D eigenvalue weighted by Gasteiger charge is -2.21. The van der Waals surface area contributed by atoms with Crippen LogP contribution in [0.5, 0.6) is 0 Å². The molecule has 0 rings (SSSR count). The summed E-state index contributed by atoms with van der Waals surface area (Å²) in [6.07, 6.45) is 22.7. The van der Waals surface area contributed by atoms with E-state index in [0.29, 0.717) is 19.4 Å². The van der Waals surface area contributed by atoms with Crippen molar-refractivity contribution in [1.29, 1.82) is 0 Å². The zero-order chi connectivity index (χ0) is 25.8. The molecule has 6 nitrogen and oxygen atoms in total. The van der Waals surface area contributed by atoms with Crippen molar-refractivity contribution in [2.45, 2.75) is 142 Å². The molecule has 35 heavy (non-hydrogen) atoms. The molecule has 2 N–H and O–H groups in total. The largest absolute Gasteiger partial charge is 0.481 e. The summed E-state index contributed by atoms with van der Waals surface area (Å²) in [5, 5.41) is 18.0. The monoisotopic (exact) mass is 499 g/mol. The number of carbonyl (C=O) groups is 2. The van der Waals surface area contributed by atoms with E-state index < -0.39 is 5.97 Å². The highest BCUT2D eigenvalue weighted by Crippen LogP contribution is 2.12. The summed E-state index contributed by atoms with van der Waals surface area (Å²) in [6.45, 7) is 5.92. The van der Waals surface area contributed by atoms with E-state index in [1.807, 2.05) is 0 Å². The minimum atomic E-state index is -0.688. The number of carboxylic acids is 1. The van der Waals surface area contributed by atoms with Crippen LogP contribution in [0, 0.1) is 0 Å². The number of rotatable bonds is 28. The van der Waals surface area contributed by atoms with E-state index in [-0.39, 0.29) is 12.6 Å². The van der Waals surface area contributed by atoms with Crippen molar-refractivity contribution in [3.05, 3.63) is 0 Å². The molecule has 0 aliphatic carbocycles. The Bertz CT molecular complexity index is 472. The van der Waals surface area contributed by atoms with E-state index in [2.05, 4.69) is 11.8 Å². The highest BCUT2D eigenvalue weighted by molar-refractivity contribution is 5.69. The number of carboxylic acid groups (broad SMARTS) is 1. The maximum atomic E-state index is 11.7. The van der Waals surface area contributed by atoms with Crippen LogP contribution in [0.1, 0.15) is 142 Å². The summed E-state index contributed by atoms with van der Waals surface area (Å²) in [7, 11) is 0. The maximum Gasteiger partial charge on any atom is 0.305 e. The number of ether oxygens (including phenoxy) is 1. The molecule has 0 saturated heterocycles. The zero-order valence-corrected chi connectivity index (χ0v) is 23.0. The fourth-order valence-electron chi connectivity index (χ4n) is 4.42. The second-order valence-corrected chi connectivity index (χ2v) is 10.0. The Morgan fingerprint density at radius 2 is 1.06 bits per heavy atom. The van der Waals surface area contributed by atoms with Gasteiger partial charge in [0.1, 0.15) is 0 Å². The van der Waals surface area contributed by atoms with Crippen molar-refractivity contribution in [3.8, 4) is 0 Å². The third-order valence-corrected chi connectivity index (χ3v) is 6.65. The van der Waals surface area contributed by atoms with Gasteiger partial charge in [-0.1, -0.05) is 96.8 Å². The minimum Gasteiger partial charge on any atom is -0.481 e. The molecule has 0 aromatic heterocycles. The molecule has 0 aromatic rings. The number of unbranched alkanes of at least 4 members (excludes halogenated alkanes) is 16. The Balaban J connectivity index is 3.48. The van der Waals surface area contributed by atoms with Crippen molar-refractivity contribution in [3.63, 3.8) is 0 Å². The molecule has 0 aliphatic rings. The number of esters is 1. The molecule has 0 fully saturated rings. The molecule has 0 heterocycles. The minimum absolute atomic E-state index is 0.0276. The summed E-state index contributed by atoms with van der Waals surface area (Å²) < 4.78 is 5.31. The van der Waals surface area contributed by atoms with Crippen LogP contribution in [-0.2, 0) is 14.3 Å². The average Bonchev–Trinajstić information content (AvgIpc) is 2.83. The first-order valence-corrected chi connectivity index (χ1v) is 14.8. The topological polar surface area (TPSA) is 87.1 Å². The summed E-state index contributed by atoms with van der Waals surface area (Å²) in [4.78, 5) is 24.6. The quantitative estimate of drug-likeness (QED) is 0.0880. The highest BCUT2D eigenvalue weighted by Gasteiger charge is 2.05. The third-order valence-electron chi connectivity index (χ3n) is 6.65. The fourth-order valence-corrected chi connectivity index (χ4v) is 4.42. The number of hydrogen-bond donors (Lipinski definition) is 2. The molecule has 0 spiro atoms. The van der Waals surface area contributed by atoms with Gasteiger partial charge in [-0.25, -0.2) is 0 Å². The molecular formula is C29H57NO5. The van der Waals surface area contributed by atoms with Crippen molar-refractivity contribution in [2.24, 2.45) is 0 Å². The van der Waals surface area contributed by atoms with Gasteiger partial charge in [0.2, 0.25) is 0 Å². The molecule has 0 bridgehead atoms. The summed E-state index contributed by atoms with van der Waals surface area (Å²) in [5.74, 6) is -0.716. The molecule has 6 heteroatoms. The molecule has 0 atom stereocenters. The Morgan fingerprint density at radius 3 is 1.57 bits per heavy atom. The van der Waals surface area contributed by atoms with Gasteiger partial charge in [-0.2, -0.15) is 0 Å². The van der Waals surface area contributed by atoms with Crippen LogP contribution in [0.15, 0.2) is 0 Å². The lowest BCUT2D eigenvalue weighted by molar-refractivity contribution is -0.144. The van der Waals surface area contributed by atoms with Crippen molar-refractivity contribution in [2.75, 3.05) is 32.8 Å². The van der Waals surface area contributed by atoms with Gasteiger partial charge in [0.25, 0.3) is 0 Å². The Kier molecular flexibility index (Phi) is 26.6. The van der Waals surface area contributed by atoms with E-state index >= 15 is 0 Å². The van der Waals surface area contributed by atoms with Crippen LogP contribution in [0.3, 0.4) is 0 Å². The number of carbonyl (C=O) groups excluding carboxylic acids is 1. The van der Waals surface area contributed by atoms with Gasteiger partial charge >= 0.3 is 11.9 Å². The smallest absolute Gasteiger partial charge is 0.305 e. The molecular weight excluding hydrogens is 442 g/mol. The van der Waals surface area contributed by atoms with Crippen LogP contribution in [-0.4, -0.2) is 59.9 Å². The highest BCUT2D eigenvalue weighted by atomic mass is 16.5. The Morgan fingerprint density at radius 1 is 0.600 bits per heavy atom. The first-order valence-electron chi connectivity index (χ1n) is 14.8. The average molecular weight is 500 g/mol. The van der Waals surface area contributed by atoms with Crippen LogP contribution < -0.4 is 0 Å². The van der Waals surface area contributed by atoms with Crippen molar-refractivity contribution >= 4 is 11.9 Å². The van der Waals surface area contributed by atoms with E-state index in [1.54, 1.807) is 0 Å². The molecule has 0 radical (unpaired) electrons. The SMILES string of the molecule is CCCCCCCOC(=O)CCCCCCCCCN(CCO)CCCCCCCCCC(=O)O. The number of hydrogen-bond acceptors (Lipinski definition) is 5. The lowest BCUT2D eigenvalue weighted by atomic mass is 10.1. The maximum absolute atomic E-state index is 11.7. The van der Waals surface area contributed by atoms with Gasteiger partial charge in [0, 0.05) is 19.4 Å². The third kappa shape index (κ3) is 27.3. The Hall–Kier alpha value is -1.14. The van der Waals surface area contributed by atoms with Crippen LogP contribution in [0.25, 0.3) is 0 Å². The number of nitrogens with zero attached hydrogens (tertiary/aromatic N) is 1. The summed E-state index contributed by atoms with van der Waals surface area (Å²) in [5.41, 5.74) is 0. The number of aliphatic carboxylic acids is 1. The van der Waals surface area contributed by atoms with Gasteiger partial charge in [-0.05, 0) is 45.2 Å². The van der Waals surface area contributed by atoms with Crippen LogP contribution in [0.2, 0.25) is 0 Å². The lowest BCUT2D eigenvalue weighted by Crippen LogP contribution is -2.29. The van der Waals surface area contributed by atoms with E-state index in [0.717, 1.165) is 64.6 Å². The van der Waals surface area contributed by atoms with Gasteiger partial charge < -0.3 is 19.8 Å². The van der Waals surface area contributed by atoms with Crippen molar-refractivity contribution < 1.29 is 24.5 Å². The second kappa shape index (κ2) is 27.4.